The lowest BCUT2D eigenvalue weighted by Crippen LogP contribution is -2.43. The zero-order valence-corrected chi connectivity index (χ0v) is 13.0. The highest BCUT2D eigenvalue weighted by atomic mass is 35.5. The highest BCUT2D eigenvalue weighted by molar-refractivity contribution is 5.85. The van der Waals surface area contributed by atoms with E-state index in [0.29, 0.717) is 18.5 Å². The lowest BCUT2D eigenvalue weighted by atomic mass is 9.92. The molecule has 1 fully saturated rings. The predicted molar refractivity (Wildman–Crippen MR) is 80.5 cm³/mol. The molecule has 0 spiro atoms. The van der Waals surface area contributed by atoms with E-state index in [9.17, 15) is 4.79 Å². The summed E-state index contributed by atoms with van der Waals surface area (Å²) in [7, 11) is 0. The van der Waals surface area contributed by atoms with E-state index in [4.69, 9.17) is 5.11 Å². The molecular formula is C14H29ClN2O2. The second kappa shape index (κ2) is 10.5. The van der Waals surface area contributed by atoms with Gasteiger partial charge in [-0.1, -0.05) is 13.3 Å². The number of hydrogen-bond acceptors (Lipinski definition) is 3. The molecule has 3 atom stereocenters. The highest BCUT2D eigenvalue weighted by Gasteiger charge is 2.24. The van der Waals surface area contributed by atoms with Gasteiger partial charge >= 0.3 is 0 Å². The summed E-state index contributed by atoms with van der Waals surface area (Å²) >= 11 is 0. The highest BCUT2D eigenvalue weighted by Crippen LogP contribution is 2.16. The summed E-state index contributed by atoms with van der Waals surface area (Å²) in [6, 6.07) is 0.443. The fourth-order valence-corrected chi connectivity index (χ4v) is 2.70. The smallest absolute Gasteiger partial charge is 0.223 e. The van der Waals surface area contributed by atoms with Crippen LogP contribution in [0.5, 0.6) is 0 Å². The minimum Gasteiger partial charge on any atom is -0.396 e. The Morgan fingerprint density at radius 3 is 2.79 bits per heavy atom. The second-order valence-corrected chi connectivity index (χ2v) is 5.49. The first-order valence-corrected chi connectivity index (χ1v) is 7.29. The van der Waals surface area contributed by atoms with Gasteiger partial charge in [0.15, 0.2) is 0 Å². The number of rotatable bonds is 7. The summed E-state index contributed by atoms with van der Waals surface area (Å²) in [5.74, 6) is 0.781. The minimum absolute atomic E-state index is 0. The third kappa shape index (κ3) is 7.14. The van der Waals surface area contributed by atoms with Crippen LogP contribution in [0.25, 0.3) is 0 Å². The Hall–Kier alpha value is -0.320. The van der Waals surface area contributed by atoms with Gasteiger partial charge in [-0.3, -0.25) is 4.79 Å². The molecule has 1 heterocycles. The third-order valence-corrected chi connectivity index (χ3v) is 3.79. The number of carbonyl (C=O) groups excluding carboxylic acids is 1. The molecule has 0 radical (unpaired) electrons. The van der Waals surface area contributed by atoms with Crippen LogP contribution in [0.4, 0.5) is 0 Å². The average molecular weight is 293 g/mol. The lowest BCUT2D eigenvalue weighted by molar-refractivity contribution is -0.126. The molecule has 1 rings (SSSR count). The van der Waals surface area contributed by atoms with Crippen molar-refractivity contribution in [3.63, 3.8) is 0 Å². The van der Waals surface area contributed by atoms with Gasteiger partial charge in [-0.25, -0.2) is 0 Å². The summed E-state index contributed by atoms with van der Waals surface area (Å²) in [6.45, 7) is 6.14. The number of halogens is 1. The standard InChI is InChI=1S/C14H28N2O2.ClH/c1-3-4-12(6-8-17)10-16-14(18)13-5-7-15-11(2)9-13;/h11-13,15,17H,3-10H2,1-2H3,(H,16,18);1H/t11-,12?,13-;/m0./s1. The first-order valence-electron chi connectivity index (χ1n) is 7.29. The second-order valence-electron chi connectivity index (χ2n) is 5.49. The number of aliphatic hydroxyl groups is 1. The van der Waals surface area contributed by atoms with Crippen LogP contribution in [0.3, 0.4) is 0 Å². The van der Waals surface area contributed by atoms with E-state index in [0.717, 1.165) is 38.6 Å². The van der Waals surface area contributed by atoms with Crippen LogP contribution in [-0.2, 0) is 4.79 Å². The molecular weight excluding hydrogens is 264 g/mol. The largest absolute Gasteiger partial charge is 0.396 e. The molecule has 4 nitrogen and oxygen atoms in total. The van der Waals surface area contributed by atoms with E-state index in [1.807, 2.05) is 0 Å². The fraction of sp³-hybridized carbons (Fsp3) is 0.929. The lowest BCUT2D eigenvalue weighted by Gasteiger charge is -2.27. The van der Waals surface area contributed by atoms with Crippen LogP contribution >= 0.6 is 12.4 Å². The van der Waals surface area contributed by atoms with Crippen molar-refractivity contribution in [2.24, 2.45) is 11.8 Å². The summed E-state index contributed by atoms with van der Waals surface area (Å²) in [5.41, 5.74) is 0. The van der Waals surface area contributed by atoms with E-state index < -0.39 is 0 Å². The summed E-state index contributed by atoms with van der Waals surface area (Å²) in [5, 5.41) is 15.4. The van der Waals surface area contributed by atoms with E-state index in [1.165, 1.54) is 0 Å². The number of aliphatic hydroxyl groups excluding tert-OH is 1. The SMILES string of the molecule is CCCC(CCO)CNC(=O)[C@H]1CCN[C@@H](C)C1.Cl. The zero-order chi connectivity index (χ0) is 13.4. The molecule has 1 unspecified atom stereocenters. The molecule has 1 amide bonds. The van der Waals surface area contributed by atoms with Gasteiger partial charge in [0.2, 0.25) is 5.91 Å². The van der Waals surface area contributed by atoms with Crippen molar-refractivity contribution in [2.75, 3.05) is 19.7 Å². The number of amides is 1. The Balaban J connectivity index is 0.00000324. The van der Waals surface area contributed by atoms with Gasteiger partial charge in [0, 0.05) is 25.1 Å². The molecule has 1 saturated heterocycles. The van der Waals surface area contributed by atoms with Crippen LogP contribution < -0.4 is 10.6 Å². The molecule has 5 heteroatoms. The van der Waals surface area contributed by atoms with Crippen molar-refractivity contribution in [3.8, 4) is 0 Å². The Morgan fingerprint density at radius 2 is 2.21 bits per heavy atom. The average Bonchev–Trinajstić information content (AvgIpc) is 2.36. The Labute approximate surface area is 123 Å². The Kier molecular flexibility index (Phi) is 10.3. The van der Waals surface area contributed by atoms with Crippen molar-refractivity contribution < 1.29 is 9.90 Å². The van der Waals surface area contributed by atoms with Gasteiger partial charge in [0.25, 0.3) is 0 Å². The third-order valence-electron chi connectivity index (χ3n) is 3.79. The topological polar surface area (TPSA) is 61.4 Å². The molecule has 1 aliphatic heterocycles. The molecule has 114 valence electrons. The van der Waals surface area contributed by atoms with E-state index >= 15 is 0 Å². The molecule has 0 bridgehead atoms. The summed E-state index contributed by atoms with van der Waals surface area (Å²) in [6.07, 6.45) is 4.84. The van der Waals surface area contributed by atoms with Crippen molar-refractivity contribution in [1.29, 1.82) is 0 Å². The Bertz CT molecular complexity index is 246. The first-order chi connectivity index (χ1) is 8.67. The molecule has 0 aromatic heterocycles. The van der Waals surface area contributed by atoms with E-state index in [1.54, 1.807) is 0 Å². The van der Waals surface area contributed by atoms with Gasteiger partial charge < -0.3 is 15.7 Å². The number of nitrogens with one attached hydrogen (secondary N) is 2. The van der Waals surface area contributed by atoms with Crippen LogP contribution in [0.1, 0.15) is 46.0 Å². The van der Waals surface area contributed by atoms with Gasteiger partial charge in [0.05, 0.1) is 0 Å². The van der Waals surface area contributed by atoms with Gasteiger partial charge in [-0.15, -0.1) is 12.4 Å². The first kappa shape index (κ1) is 18.7. The van der Waals surface area contributed by atoms with Crippen molar-refractivity contribution in [2.45, 2.75) is 52.0 Å². The molecule has 3 N–H and O–H groups in total. The fourth-order valence-electron chi connectivity index (χ4n) is 2.70. The Morgan fingerprint density at radius 1 is 1.47 bits per heavy atom. The normalized spacial score (nSPS) is 24.4. The van der Waals surface area contributed by atoms with Crippen molar-refractivity contribution >= 4 is 18.3 Å². The molecule has 0 saturated carbocycles. The predicted octanol–water partition coefficient (Wildman–Crippen LogP) is 1.71. The molecule has 1 aliphatic rings. The monoisotopic (exact) mass is 292 g/mol. The summed E-state index contributed by atoms with van der Waals surface area (Å²) in [4.78, 5) is 12.1. The van der Waals surface area contributed by atoms with E-state index in [2.05, 4.69) is 24.5 Å². The van der Waals surface area contributed by atoms with E-state index in [-0.39, 0.29) is 30.8 Å². The van der Waals surface area contributed by atoms with Gasteiger partial charge in [-0.2, -0.15) is 0 Å². The molecule has 0 aromatic carbocycles. The zero-order valence-electron chi connectivity index (χ0n) is 12.2. The maximum absolute atomic E-state index is 12.1. The number of carbonyl (C=O) groups is 1. The van der Waals surface area contributed by atoms with Crippen molar-refractivity contribution in [1.82, 2.24) is 10.6 Å². The quantitative estimate of drug-likeness (QED) is 0.669. The maximum Gasteiger partial charge on any atom is 0.223 e. The van der Waals surface area contributed by atoms with Gasteiger partial charge in [0.1, 0.15) is 0 Å². The van der Waals surface area contributed by atoms with Crippen LogP contribution in [0, 0.1) is 11.8 Å². The molecule has 0 aromatic rings. The van der Waals surface area contributed by atoms with Crippen LogP contribution in [-0.4, -0.2) is 36.8 Å². The van der Waals surface area contributed by atoms with Gasteiger partial charge in [-0.05, 0) is 45.1 Å². The van der Waals surface area contributed by atoms with Crippen LogP contribution in [0.15, 0.2) is 0 Å². The van der Waals surface area contributed by atoms with Crippen molar-refractivity contribution in [3.05, 3.63) is 0 Å². The molecule has 0 aliphatic carbocycles. The summed E-state index contributed by atoms with van der Waals surface area (Å²) < 4.78 is 0. The number of hydrogen-bond donors (Lipinski definition) is 3. The minimum atomic E-state index is 0. The number of piperidine rings is 1. The van der Waals surface area contributed by atoms with Crippen LogP contribution in [0.2, 0.25) is 0 Å². The molecule has 19 heavy (non-hydrogen) atoms. The maximum atomic E-state index is 12.1.